The summed E-state index contributed by atoms with van der Waals surface area (Å²) in [6, 6.07) is 8.53. The van der Waals surface area contributed by atoms with Crippen molar-refractivity contribution < 1.29 is 13.2 Å². The van der Waals surface area contributed by atoms with E-state index in [-0.39, 0.29) is 5.56 Å². The van der Waals surface area contributed by atoms with Gasteiger partial charge in [0.25, 0.3) is 0 Å². The van der Waals surface area contributed by atoms with Gasteiger partial charge in [0.15, 0.2) is 5.69 Å². The van der Waals surface area contributed by atoms with Gasteiger partial charge in [-0.1, -0.05) is 18.2 Å². The van der Waals surface area contributed by atoms with Crippen LogP contribution in [0.25, 0.3) is 11.1 Å². The Balaban J connectivity index is 2.15. The molecule has 0 fully saturated rings. The van der Waals surface area contributed by atoms with Gasteiger partial charge in [0.05, 0.1) is 0 Å². The molecule has 20 heavy (non-hydrogen) atoms. The predicted molar refractivity (Wildman–Crippen MR) is 70.0 cm³/mol. The molecule has 0 amide bonds. The maximum absolute atomic E-state index is 13.1. The minimum Gasteiger partial charge on any atom is -0.309 e. The third-order valence-electron chi connectivity index (χ3n) is 3.45. The average Bonchev–Trinajstić information content (AvgIpc) is 2.84. The fraction of sp³-hybridized carbons (Fsp3) is 0.267. The van der Waals surface area contributed by atoms with Crippen molar-refractivity contribution in [1.82, 2.24) is 10.3 Å². The Morgan fingerprint density at radius 3 is 2.55 bits per heavy atom. The summed E-state index contributed by atoms with van der Waals surface area (Å²) in [7, 11) is 0. The number of alkyl halides is 3. The number of benzene rings is 1. The Hall–Kier alpha value is -1.88. The van der Waals surface area contributed by atoms with Crippen LogP contribution in [0.5, 0.6) is 0 Å². The molecule has 3 rings (SSSR count). The van der Waals surface area contributed by atoms with E-state index in [2.05, 4.69) is 10.3 Å². The first-order chi connectivity index (χ1) is 9.45. The fourth-order valence-electron chi connectivity index (χ4n) is 2.47. The molecule has 1 N–H and O–H groups in total. The Labute approximate surface area is 114 Å². The Bertz CT molecular complexity index is 663. The van der Waals surface area contributed by atoms with Crippen LogP contribution in [0.4, 0.5) is 13.2 Å². The molecule has 0 bridgehead atoms. The van der Waals surface area contributed by atoms with Gasteiger partial charge in [-0.25, -0.2) is 4.98 Å². The van der Waals surface area contributed by atoms with Crippen molar-refractivity contribution in [3.05, 3.63) is 52.8 Å². The molecule has 2 heterocycles. The smallest absolute Gasteiger partial charge is 0.309 e. The van der Waals surface area contributed by atoms with Gasteiger partial charge in [-0.3, -0.25) is 0 Å². The number of hydrogen-bond donors (Lipinski definition) is 1. The minimum absolute atomic E-state index is 0.137. The molecule has 0 saturated heterocycles. The molecule has 0 saturated carbocycles. The van der Waals surface area contributed by atoms with Gasteiger partial charge >= 0.3 is 6.18 Å². The van der Waals surface area contributed by atoms with Crippen LogP contribution in [0.2, 0.25) is 0 Å². The molecule has 5 heteroatoms. The number of nitrogens with zero attached hydrogens (tertiary/aromatic N) is 1. The monoisotopic (exact) mass is 278 g/mol. The normalized spacial score (nSPS) is 14.4. The van der Waals surface area contributed by atoms with E-state index < -0.39 is 11.9 Å². The van der Waals surface area contributed by atoms with Crippen LogP contribution in [0.3, 0.4) is 0 Å². The fourth-order valence-corrected chi connectivity index (χ4v) is 2.47. The molecular weight excluding hydrogens is 265 g/mol. The van der Waals surface area contributed by atoms with Crippen LogP contribution in [0, 0.1) is 6.92 Å². The van der Waals surface area contributed by atoms with E-state index in [4.69, 9.17) is 0 Å². The molecule has 1 aliphatic heterocycles. The molecule has 2 aromatic rings. The molecule has 0 atom stereocenters. The van der Waals surface area contributed by atoms with E-state index in [0.717, 1.165) is 17.7 Å². The van der Waals surface area contributed by atoms with E-state index in [1.807, 2.05) is 12.1 Å². The molecule has 1 aromatic heterocycles. The lowest BCUT2D eigenvalue weighted by Crippen LogP contribution is -2.11. The van der Waals surface area contributed by atoms with Crippen LogP contribution in [0.1, 0.15) is 22.5 Å². The number of aromatic nitrogens is 1. The highest BCUT2D eigenvalue weighted by Crippen LogP contribution is 2.36. The minimum atomic E-state index is -4.45. The molecule has 0 radical (unpaired) electrons. The second kappa shape index (κ2) is 4.59. The van der Waals surface area contributed by atoms with E-state index in [0.29, 0.717) is 17.8 Å². The van der Waals surface area contributed by atoms with Gasteiger partial charge in [-0.2, -0.15) is 13.2 Å². The Morgan fingerprint density at radius 1 is 1.05 bits per heavy atom. The topological polar surface area (TPSA) is 24.9 Å². The van der Waals surface area contributed by atoms with Crippen molar-refractivity contribution in [1.29, 1.82) is 0 Å². The van der Waals surface area contributed by atoms with Crippen molar-refractivity contribution in [2.75, 3.05) is 0 Å². The zero-order valence-electron chi connectivity index (χ0n) is 10.9. The highest BCUT2D eigenvalue weighted by Gasteiger charge is 2.35. The molecule has 2 nitrogen and oxygen atoms in total. The quantitative estimate of drug-likeness (QED) is 0.860. The van der Waals surface area contributed by atoms with Crippen molar-refractivity contribution in [2.24, 2.45) is 0 Å². The number of pyridine rings is 1. The second-order valence-electron chi connectivity index (χ2n) is 4.93. The first kappa shape index (κ1) is 13.1. The molecular formula is C15H13F3N2. The number of fused-ring (bicyclic) bond motifs is 1. The SMILES string of the molecule is Cc1ccc(-c2ccc3c(c2)CNC3)c(C(F)(F)F)n1. The van der Waals surface area contributed by atoms with Gasteiger partial charge < -0.3 is 5.32 Å². The van der Waals surface area contributed by atoms with Gasteiger partial charge in [0.2, 0.25) is 0 Å². The van der Waals surface area contributed by atoms with E-state index in [1.165, 1.54) is 6.07 Å². The molecule has 0 spiro atoms. The van der Waals surface area contributed by atoms with Crippen LogP contribution >= 0.6 is 0 Å². The zero-order chi connectivity index (χ0) is 14.3. The van der Waals surface area contributed by atoms with Gasteiger partial charge in [0.1, 0.15) is 0 Å². The summed E-state index contributed by atoms with van der Waals surface area (Å²) in [6.07, 6.45) is -4.45. The zero-order valence-corrected chi connectivity index (χ0v) is 10.9. The molecule has 1 aliphatic rings. The summed E-state index contributed by atoms with van der Waals surface area (Å²) in [5.41, 5.74) is 2.44. The highest BCUT2D eigenvalue weighted by atomic mass is 19.4. The third-order valence-corrected chi connectivity index (χ3v) is 3.45. The predicted octanol–water partition coefficient (Wildman–Crippen LogP) is 3.68. The highest BCUT2D eigenvalue weighted by molar-refractivity contribution is 5.68. The maximum Gasteiger partial charge on any atom is 0.433 e. The first-order valence-electron chi connectivity index (χ1n) is 6.33. The van der Waals surface area contributed by atoms with Gasteiger partial charge in [-0.15, -0.1) is 0 Å². The third kappa shape index (κ3) is 2.29. The molecule has 0 aliphatic carbocycles. The van der Waals surface area contributed by atoms with Crippen molar-refractivity contribution in [2.45, 2.75) is 26.2 Å². The summed E-state index contributed by atoms with van der Waals surface area (Å²) in [5.74, 6) is 0. The van der Waals surface area contributed by atoms with Crippen molar-refractivity contribution >= 4 is 0 Å². The van der Waals surface area contributed by atoms with Crippen LogP contribution in [0.15, 0.2) is 30.3 Å². The van der Waals surface area contributed by atoms with E-state index >= 15 is 0 Å². The number of halogens is 3. The average molecular weight is 278 g/mol. The van der Waals surface area contributed by atoms with Crippen LogP contribution < -0.4 is 5.32 Å². The number of rotatable bonds is 1. The Morgan fingerprint density at radius 2 is 1.80 bits per heavy atom. The summed E-state index contributed by atoms with van der Waals surface area (Å²) in [6.45, 7) is 3.03. The lowest BCUT2D eigenvalue weighted by Gasteiger charge is -2.13. The summed E-state index contributed by atoms with van der Waals surface area (Å²) < 4.78 is 39.3. The first-order valence-corrected chi connectivity index (χ1v) is 6.33. The Kier molecular flexibility index (Phi) is 3.01. The molecule has 0 unspecified atom stereocenters. The largest absolute Gasteiger partial charge is 0.433 e. The summed E-state index contributed by atoms with van der Waals surface area (Å²) in [4.78, 5) is 3.67. The summed E-state index contributed by atoms with van der Waals surface area (Å²) >= 11 is 0. The second-order valence-corrected chi connectivity index (χ2v) is 4.93. The van der Waals surface area contributed by atoms with E-state index in [9.17, 15) is 13.2 Å². The number of nitrogens with one attached hydrogen (secondary N) is 1. The molecule has 104 valence electrons. The van der Waals surface area contributed by atoms with Crippen molar-refractivity contribution in [3.63, 3.8) is 0 Å². The van der Waals surface area contributed by atoms with Crippen molar-refractivity contribution in [3.8, 4) is 11.1 Å². The van der Waals surface area contributed by atoms with Crippen LogP contribution in [-0.2, 0) is 19.3 Å². The van der Waals surface area contributed by atoms with E-state index in [1.54, 1.807) is 19.1 Å². The molecule has 1 aromatic carbocycles. The maximum atomic E-state index is 13.1. The standard InChI is InChI=1S/C15H13F3N2/c1-9-2-5-13(14(20-9)15(16,17)18)10-3-4-11-7-19-8-12(11)6-10/h2-6,19H,7-8H2,1H3. The van der Waals surface area contributed by atoms with Gasteiger partial charge in [-0.05, 0) is 35.7 Å². The number of hydrogen-bond acceptors (Lipinski definition) is 2. The lowest BCUT2D eigenvalue weighted by molar-refractivity contribution is -0.140. The van der Waals surface area contributed by atoms with Crippen LogP contribution in [-0.4, -0.2) is 4.98 Å². The lowest BCUT2D eigenvalue weighted by atomic mass is 9.99. The number of aryl methyl sites for hydroxylation is 1. The van der Waals surface area contributed by atoms with Gasteiger partial charge in [0, 0.05) is 24.3 Å². The summed E-state index contributed by atoms with van der Waals surface area (Å²) in [5, 5.41) is 3.18.